The average molecular weight is 199 g/mol. The van der Waals surface area contributed by atoms with Crippen molar-refractivity contribution in [2.24, 2.45) is 17.8 Å². The highest BCUT2D eigenvalue weighted by molar-refractivity contribution is 5.67. The molecule has 2 atom stereocenters. The molecule has 1 N–H and O–H groups in total. The van der Waals surface area contributed by atoms with Crippen molar-refractivity contribution in [3.8, 4) is 0 Å². The third-order valence-electron chi connectivity index (χ3n) is 3.38. The smallest absolute Gasteiger partial charge is 0.303 e. The molecule has 0 aromatic heterocycles. The van der Waals surface area contributed by atoms with Crippen LogP contribution in [0.2, 0.25) is 0 Å². The van der Waals surface area contributed by atoms with E-state index in [1.54, 1.807) is 0 Å². The molecule has 2 heterocycles. The Kier molecular flexibility index (Phi) is 2.74. The molecule has 2 rings (SSSR count). The van der Waals surface area contributed by atoms with E-state index in [1.165, 1.54) is 0 Å². The summed E-state index contributed by atoms with van der Waals surface area (Å²) < 4.78 is 5.48. The molecule has 2 bridgehead atoms. The predicted molar refractivity (Wildman–Crippen MR) is 51.0 cm³/mol. The zero-order valence-electron chi connectivity index (χ0n) is 8.48. The first-order valence-electron chi connectivity index (χ1n) is 5.15. The van der Waals surface area contributed by atoms with E-state index >= 15 is 0 Å². The van der Waals surface area contributed by atoms with Gasteiger partial charge in [-0.3, -0.25) is 4.79 Å². The molecule has 0 saturated carbocycles. The van der Waals surface area contributed by atoms with Gasteiger partial charge in [-0.15, -0.1) is 0 Å². The number of fused-ring (bicyclic) bond motifs is 2. The Balaban J connectivity index is 2.04. The third kappa shape index (κ3) is 1.91. The number of piperidine rings is 1. The molecule has 0 spiro atoms. The van der Waals surface area contributed by atoms with Gasteiger partial charge in [0.2, 0.25) is 0 Å². The van der Waals surface area contributed by atoms with Gasteiger partial charge in [-0.1, -0.05) is 0 Å². The van der Waals surface area contributed by atoms with E-state index in [0.29, 0.717) is 24.2 Å². The molecule has 2 aliphatic heterocycles. The van der Waals surface area contributed by atoms with Crippen LogP contribution < -0.4 is 0 Å². The first kappa shape index (κ1) is 9.93. The van der Waals surface area contributed by atoms with Gasteiger partial charge in [0.25, 0.3) is 0 Å². The van der Waals surface area contributed by atoms with Crippen molar-refractivity contribution in [3.63, 3.8) is 0 Å². The molecule has 0 radical (unpaired) electrons. The maximum absolute atomic E-state index is 10.7. The minimum atomic E-state index is -0.670. The number of hydrogen-bond acceptors (Lipinski definition) is 3. The van der Waals surface area contributed by atoms with Crippen molar-refractivity contribution in [1.29, 1.82) is 0 Å². The molecule has 0 aromatic carbocycles. The van der Waals surface area contributed by atoms with Crippen LogP contribution in [0, 0.1) is 17.8 Å². The predicted octanol–water partition coefficient (Wildman–Crippen LogP) is 0.285. The van der Waals surface area contributed by atoms with E-state index in [4.69, 9.17) is 9.84 Å². The molecule has 2 aliphatic rings. The molecule has 2 unspecified atom stereocenters. The SMILES string of the molecule is CN1CC2COCC(C1)C2CC(=O)O. The van der Waals surface area contributed by atoms with Gasteiger partial charge in [-0.05, 0) is 24.8 Å². The minimum Gasteiger partial charge on any atom is -0.481 e. The van der Waals surface area contributed by atoms with Crippen LogP contribution in [-0.4, -0.2) is 49.3 Å². The molecular formula is C10H17NO3. The fourth-order valence-corrected chi connectivity index (χ4v) is 2.79. The monoisotopic (exact) mass is 199 g/mol. The Labute approximate surface area is 83.8 Å². The molecule has 2 fully saturated rings. The summed E-state index contributed by atoms with van der Waals surface area (Å²) in [5.74, 6) is 0.501. The van der Waals surface area contributed by atoms with Crippen molar-refractivity contribution in [2.45, 2.75) is 6.42 Å². The van der Waals surface area contributed by atoms with Crippen LogP contribution in [0.4, 0.5) is 0 Å². The summed E-state index contributed by atoms with van der Waals surface area (Å²) >= 11 is 0. The first-order chi connectivity index (χ1) is 6.66. The maximum atomic E-state index is 10.7. The molecule has 0 aliphatic carbocycles. The second-order valence-electron chi connectivity index (χ2n) is 4.54. The number of carboxylic acid groups (broad SMARTS) is 1. The van der Waals surface area contributed by atoms with Crippen LogP contribution in [0.1, 0.15) is 6.42 Å². The van der Waals surface area contributed by atoms with Gasteiger partial charge in [0.15, 0.2) is 0 Å². The number of carboxylic acids is 1. The Morgan fingerprint density at radius 2 is 2.00 bits per heavy atom. The average Bonchev–Trinajstić information content (AvgIpc) is 2.05. The summed E-state index contributed by atoms with van der Waals surface area (Å²) in [4.78, 5) is 13.0. The number of ether oxygens (including phenoxy) is 1. The number of carbonyl (C=O) groups is 1. The topological polar surface area (TPSA) is 49.8 Å². The fraction of sp³-hybridized carbons (Fsp3) is 0.900. The van der Waals surface area contributed by atoms with Gasteiger partial charge in [0.1, 0.15) is 0 Å². The molecule has 4 nitrogen and oxygen atoms in total. The lowest BCUT2D eigenvalue weighted by Gasteiger charge is -2.45. The third-order valence-corrected chi connectivity index (χ3v) is 3.38. The van der Waals surface area contributed by atoms with Crippen molar-refractivity contribution < 1.29 is 14.6 Å². The van der Waals surface area contributed by atoms with Crippen molar-refractivity contribution in [2.75, 3.05) is 33.4 Å². The molecule has 0 amide bonds. The molecule has 4 heteroatoms. The minimum absolute atomic E-state index is 0.312. The first-order valence-corrected chi connectivity index (χ1v) is 5.15. The van der Waals surface area contributed by atoms with Crippen LogP contribution in [-0.2, 0) is 9.53 Å². The standard InChI is InChI=1S/C10H17NO3/c1-11-3-7-5-14-6-8(4-11)9(7)2-10(12)13/h7-9H,2-6H2,1H3,(H,12,13). The number of likely N-dealkylation sites (tertiary alicyclic amines) is 1. The number of hydrogen-bond donors (Lipinski definition) is 1. The Morgan fingerprint density at radius 3 is 2.50 bits per heavy atom. The molecule has 2 saturated heterocycles. The van der Waals surface area contributed by atoms with Crippen LogP contribution in [0.3, 0.4) is 0 Å². The number of nitrogens with zero attached hydrogens (tertiary/aromatic N) is 1. The second kappa shape index (κ2) is 3.87. The quantitative estimate of drug-likeness (QED) is 0.694. The van der Waals surface area contributed by atoms with Gasteiger partial charge in [-0.2, -0.15) is 0 Å². The van der Waals surface area contributed by atoms with Crippen molar-refractivity contribution in [3.05, 3.63) is 0 Å². The van der Waals surface area contributed by atoms with E-state index in [-0.39, 0.29) is 0 Å². The zero-order chi connectivity index (χ0) is 10.1. The molecule has 14 heavy (non-hydrogen) atoms. The van der Waals surface area contributed by atoms with Crippen molar-refractivity contribution in [1.82, 2.24) is 4.90 Å². The molecule has 80 valence electrons. The maximum Gasteiger partial charge on any atom is 0.303 e. The summed E-state index contributed by atoms with van der Waals surface area (Å²) in [6.45, 7) is 3.43. The van der Waals surface area contributed by atoms with E-state index in [2.05, 4.69) is 11.9 Å². The lowest BCUT2D eigenvalue weighted by Crippen LogP contribution is -2.51. The highest BCUT2D eigenvalue weighted by atomic mass is 16.5. The zero-order valence-corrected chi connectivity index (χ0v) is 8.48. The lowest BCUT2D eigenvalue weighted by atomic mass is 9.75. The van der Waals surface area contributed by atoms with Gasteiger partial charge < -0.3 is 14.7 Å². The summed E-state index contributed by atoms with van der Waals surface area (Å²) in [5.41, 5.74) is 0. The van der Waals surface area contributed by atoms with Crippen LogP contribution in [0.15, 0.2) is 0 Å². The largest absolute Gasteiger partial charge is 0.481 e. The highest BCUT2D eigenvalue weighted by Gasteiger charge is 2.39. The molecular weight excluding hydrogens is 182 g/mol. The van der Waals surface area contributed by atoms with Crippen LogP contribution >= 0.6 is 0 Å². The van der Waals surface area contributed by atoms with Gasteiger partial charge in [0.05, 0.1) is 13.2 Å². The normalized spacial score (nSPS) is 38.2. The van der Waals surface area contributed by atoms with E-state index < -0.39 is 5.97 Å². The van der Waals surface area contributed by atoms with Crippen molar-refractivity contribution >= 4 is 5.97 Å². The summed E-state index contributed by atoms with van der Waals surface area (Å²) in [7, 11) is 2.10. The summed E-state index contributed by atoms with van der Waals surface area (Å²) in [6.07, 6.45) is 0.312. The Hall–Kier alpha value is -0.610. The van der Waals surface area contributed by atoms with Gasteiger partial charge in [-0.25, -0.2) is 0 Å². The van der Waals surface area contributed by atoms with E-state index in [1.807, 2.05) is 0 Å². The van der Waals surface area contributed by atoms with Gasteiger partial charge in [0, 0.05) is 19.5 Å². The van der Waals surface area contributed by atoms with Crippen LogP contribution in [0.5, 0.6) is 0 Å². The fourth-order valence-electron chi connectivity index (χ4n) is 2.79. The highest BCUT2D eigenvalue weighted by Crippen LogP contribution is 2.34. The second-order valence-corrected chi connectivity index (χ2v) is 4.54. The van der Waals surface area contributed by atoms with Gasteiger partial charge >= 0.3 is 5.97 Å². The van der Waals surface area contributed by atoms with E-state index in [0.717, 1.165) is 26.3 Å². The molecule has 0 aromatic rings. The summed E-state index contributed by atoms with van der Waals surface area (Å²) in [5, 5.41) is 8.83. The van der Waals surface area contributed by atoms with Crippen LogP contribution in [0.25, 0.3) is 0 Å². The Morgan fingerprint density at radius 1 is 1.43 bits per heavy atom. The lowest BCUT2D eigenvalue weighted by molar-refractivity contribution is -0.143. The van der Waals surface area contributed by atoms with E-state index in [9.17, 15) is 4.79 Å². The summed E-state index contributed by atoms with van der Waals surface area (Å²) in [6, 6.07) is 0. The number of aliphatic carboxylic acids is 1. The number of rotatable bonds is 2. The Bertz CT molecular complexity index is 217.